The number of aryl methyl sites for hydroxylation is 2. The van der Waals surface area contributed by atoms with Gasteiger partial charge in [-0.3, -0.25) is 4.79 Å². The van der Waals surface area contributed by atoms with Gasteiger partial charge in [-0.05, 0) is 55.6 Å². The second kappa shape index (κ2) is 4.85. The van der Waals surface area contributed by atoms with Crippen molar-refractivity contribution in [3.05, 3.63) is 29.3 Å². The Morgan fingerprint density at radius 1 is 1.29 bits per heavy atom. The van der Waals surface area contributed by atoms with Crippen LogP contribution in [-0.4, -0.2) is 10.5 Å². The molecule has 0 aliphatic carbocycles. The lowest BCUT2D eigenvalue weighted by Gasteiger charge is -2.07. The van der Waals surface area contributed by atoms with Crippen LogP contribution in [0.3, 0.4) is 0 Å². The molecule has 3 heteroatoms. The van der Waals surface area contributed by atoms with Crippen LogP contribution in [0.25, 0.3) is 0 Å². The third-order valence-electron chi connectivity index (χ3n) is 1.83. The van der Waals surface area contributed by atoms with Crippen LogP contribution in [0, 0.1) is 13.8 Å². The number of benzene rings is 1. The van der Waals surface area contributed by atoms with Gasteiger partial charge in [-0.1, -0.05) is 6.07 Å². The summed E-state index contributed by atoms with van der Waals surface area (Å²) in [4.78, 5) is 12.0. The zero-order valence-electron chi connectivity index (χ0n) is 8.50. The first-order valence-corrected chi connectivity index (χ1v) is 5.69. The topological polar surface area (TPSA) is 17.1 Å². The SMILES string of the molecule is Cc1cc(C)cc(SC(C)C(=O)Cl)c1. The summed E-state index contributed by atoms with van der Waals surface area (Å²) in [7, 11) is 0. The summed E-state index contributed by atoms with van der Waals surface area (Å²) in [6, 6.07) is 6.24. The van der Waals surface area contributed by atoms with Gasteiger partial charge in [-0.25, -0.2) is 0 Å². The smallest absolute Gasteiger partial charge is 0.234 e. The van der Waals surface area contributed by atoms with Gasteiger partial charge in [0.05, 0.1) is 5.25 Å². The minimum Gasteiger partial charge on any atom is -0.280 e. The third-order valence-corrected chi connectivity index (χ3v) is 3.36. The monoisotopic (exact) mass is 228 g/mol. The highest BCUT2D eigenvalue weighted by atomic mass is 35.5. The summed E-state index contributed by atoms with van der Waals surface area (Å²) in [6.45, 7) is 5.91. The van der Waals surface area contributed by atoms with Gasteiger partial charge in [-0.15, -0.1) is 11.8 Å². The second-order valence-corrected chi connectivity index (χ2v) is 5.17. The first-order chi connectivity index (χ1) is 6.49. The van der Waals surface area contributed by atoms with Gasteiger partial charge < -0.3 is 0 Å². The summed E-state index contributed by atoms with van der Waals surface area (Å²) in [6.07, 6.45) is 0. The van der Waals surface area contributed by atoms with Gasteiger partial charge in [0, 0.05) is 4.90 Å². The maximum Gasteiger partial charge on any atom is 0.234 e. The molecule has 0 N–H and O–H groups in total. The number of rotatable bonds is 3. The number of thioether (sulfide) groups is 1. The highest BCUT2D eigenvalue weighted by molar-refractivity contribution is 8.00. The van der Waals surface area contributed by atoms with Crippen LogP contribution in [0.4, 0.5) is 0 Å². The Kier molecular flexibility index (Phi) is 4.02. The quantitative estimate of drug-likeness (QED) is 0.582. The Morgan fingerprint density at radius 3 is 2.21 bits per heavy atom. The third kappa shape index (κ3) is 3.35. The maximum absolute atomic E-state index is 10.9. The molecule has 0 bridgehead atoms. The largest absolute Gasteiger partial charge is 0.280 e. The fraction of sp³-hybridized carbons (Fsp3) is 0.364. The van der Waals surface area contributed by atoms with E-state index in [0.29, 0.717) is 0 Å². The van der Waals surface area contributed by atoms with Crippen molar-refractivity contribution in [3.63, 3.8) is 0 Å². The molecule has 0 radical (unpaired) electrons. The summed E-state index contributed by atoms with van der Waals surface area (Å²) in [5, 5.41) is -0.480. The molecule has 0 saturated carbocycles. The standard InChI is InChI=1S/C11H13ClOS/c1-7-4-8(2)6-10(5-7)14-9(3)11(12)13/h4-6,9H,1-3H3. The van der Waals surface area contributed by atoms with Crippen molar-refractivity contribution in [2.24, 2.45) is 0 Å². The Labute approximate surface area is 93.8 Å². The molecule has 0 saturated heterocycles. The lowest BCUT2D eigenvalue weighted by molar-refractivity contribution is -0.111. The summed E-state index contributed by atoms with van der Waals surface area (Å²) >= 11 is 6.90. The Balaban J connectivity index is 2.81. The van der Waals surface area contributed by atoms with Crippen LogP contribution in [0.15, 0.2) is 23.1 Å². The molecule has 0 spiro atoms. The maximum atomic E-state index is 10.9. The minimum absolute atomic E-state index is 0.183. The predicted molar refractivity (Wildman–Crippen MR) is 62.1 cm³/mol. The molecule has 1 aromatic carbocycles. The zero-order valence-corrected chi connectivity index (χ0v) is 10.1. The number of halogens is 1. The molecule has 0 aliphatic rings. The van der Waals surface area contributed by atoms with Crippen molar-refractivity contribution >= 4 is 28.6 Å². The first kappa shape index (κ1) is 11.6. The zero-order chi connectivity index (χ0) is 10.7. The molecule has 0 aliphatic heterocycles. The van der Waals surface area contributed by atoms with Crippen molar-refractivity contribution in [2.45, 2.75) is 30.9 Å². The number of hydrogen-bond acceptors (Lipinski definition) is 2. The highest BCUT2D eigenvalue weighted by Gasteiger charge is 2.11. The van der Waals surface area contributed by atoms with E-state index >= 15 is 0 Å². The summed E-state index contributed by atoms with van der Waals surface area (Å²) < 4.78 is 0. The lowest BCUT2D eigenvalue weighted by Crippen LogP contribution is -2.04. The average Bonchev–Trinajstić information content (AvgIpc) is 2.01. The molecule has 1 unspecified atom stereocenters. The molecule has 1 rings (SSSR count). The van der Waals surface area contributed by atoms with E-state index in [1.54, 1.807) is 0 Å². The van der Waals surface area contributed by atoms with Gasteiger partial charge in [0.25, 0.3) is 0 Å². The van der Waals surface area contributed by atoms with Crippen LogP contribution < -0.4 is 0 Å². The van der Waals surface area contributed by atoms with Crippen LogP contribution in [0.1, 0.15) is 18.1 Å². The summed E-state index contributed by atoms with van der Waals surface area (Å²) in [5.41, 5.74) is 2.42. The van der Waals surface area contributed by atoms with E-state index in [9.17, 15) is 4.79 Å². The van der Waals surface area contributed by atoms with Crippen LogP contribution in [0.2, 0.25) is 0 Å². The minimum atomic E-state index is -0.297. The van der Waals surface area contributed by atoms with Gasteiger partial charge in [0.15, 0.2) is 0 Å². The fourth-order valence-corrected chi connectivity index (χ4v) is 2.39. The van der Waals surface area contributed by atoms with E-state index in [0.717, 1.165) is 4.90 Å². The second-order valence-electron chi connectivity index (χ2n) is 3.39. The Morgan fingerprint density at radius 2 is 1.79 bits per heavy atom. The van der Waals surface area contributed by atoms with Crippen molar-refractivity contribution in [2.75, 3.05) is 0 Å². The van der Waals surface area contributed by atoms with E-state index in [4.69, 9.17) is 11.6 Å². The van der Waals surface area contributed by atoms with Crippen molar-refractivity contribution < 1.29 is 4.79 Å². The van der Waals surface area contributed by atoms with Crippen LogP contribution in [0.5, 0.6) is 0 Å². The molecule has 0 heterocycles. The van der Waals surface area contributed by atoms with Crippen LogP contribution >= 0.6 is 23.4 Å². The molecule has 0 aromatic heterocycles. The van der Waals surface area contributed by atoms with E-state index in [1.807, 2.05) is 20.8 Å². The molecular formula is C11H13ClOS. The normalized spacial score (nSPS) is 12.6. The van der Waals surface area contributed by atoms with Gasteiger partial charge in [0.2, 0.25) is 5.24 Å². The molecule has 76 valence electrons. The molecular weight excluding hydrogens is 216 g/mol. The first-order valence-electron chi connectivity index (χ1n) is 4.43. The Hall–Kier alpha value is -0.470. The van der Waals surface area contributed by atoms with E-state index in [2.05, 4.69) is 18.2 Å². The van der Waals surface area contributed by atoms with Crippen molar-refractivity contribution in [1.82, 2.24) is 0 Å². The van der Waals surface area contributed by atoms with E-state index in [-0.39, 0.29) is 10.5 Å². The highest BCUT2D eigenvalue weighted by Crippen LogP contribution is 2.26. The van der Waals surface area contributed by atoms with E-state index < -0.39 is 0 Å². The number of carbonyl (C=O) groups excluding carboxylic acids is 1. The van der Waals surface area contributed by atoms with Crippen molar-refractivity contribution in [1.29, 1.82) is 0 Å². The number of carbonyl (C=O) groups is 1. The fourth-order valence-electron chi connectivity index (χ4n) is 1.25. The summed E-state index contributed by atoms with van der Waals surface area (Å²) in [5.74, 6) is 0. The molecule has 1 aromatic rings. The molecule has 0 fully saturated rings. The van der Waals surface area contributed by atoms with E-state index in [1.165, 1.54) is 22.9 Å². The predicted octanol–water partition coefficient (Wildman–Crippen LogP) is 3.55. The van der Waals surface area contributed by atoms with Gasteiger partial charge in [0.1, 0.15) is 0 Å². The molecule has 14 heavy (non-hydrogen) atoms. The van der Waals surface area contributed by atoms with Crippen LogP contribution in [-0.2, 0) is 4.79 Å². The Bertz CT molecular complexity index is 329. The lowest BCUT2D eigenvalue weighted by atomic mass is 10.2. The number of hydrogen-bond donors (Lipinski definition) is 0. The van der Waals surface area contributed by atoms with Crippen molar-refractivity contribution in [3.8, 4) is 0 Å². The molecule has 0 amide bonds. The average molecular weight is 229 g/mol. The molecule has 1 nitrogen and oxygen atoms in total. The van der Waals surface area contributed by atoms with Gasteiger partial charge >= 0.3 is 0 Å². The molecule has 1 atom stereocenters. The van der Waals surface area contributed by atoms with Gasteiger partial charge in [-0.2, -0.15) is 0 Å².